The van der Waals surface area contributed by atoms with E-state index in [-0.39, 0.29) is 5.56 Å². The maximum atomic E-state index is 12.4. The molecule has 0 bridgehead atoms. The topological polar surface area (TPSA) is 38.1 Å². The lowest BCUT2D eigenvalue weighted by Crippen LogP contribution is -2.28. The minimum Gasteiger partial charge on any atom is -0.296 e. The minimum absolute atomic E-state index is 0.182. The zero-order valence-electron chi connectivity index (χ0n) is 10.8. The number of halogens is 3. The van der Waals surface area contributed by atoms with Gasteiger partial charge in [0.2, 0.25) is 0 Å². The monoisotopic (exact) mass is 283 g/mol. The number of carbonyl (C=O) groups is 1. The molecule has 0 fully saturated rings. The van der Waals surface area contributed by atoms with Crippen molar-refractivity contribution in [3.05, 3.63) is 47.7 Å². The highest BCUT2D eigenvalue weighted by atomic mass is 19.4. The molecule has 0 atom stereocenters. The molecular formula is C13H12F3N3O. The first-order valence-electron chi connectivity index (χ1n) is 5.74. The summed E-state index contributed by atoms with van der Waals surface area (Å²) in [6.07, 6.45) is -2.87. The first kappa shape index (κ1) is 14.1. The van der Waals surface area contributed by atoms with E-state index in [0.717, 1.165) is 24.3 Å². The second-order valence-electron chi connectivity index (χ2n) is 4.25. The number of hydrogen-bond donors (Lipinski definition) is 0. The smallest absolute Gasteiger partial charge is 0.296 e. The Kier molecular flexibility index (Phi) is 3.52. The summed E-state index contributed by atoms with van der Waals surface area (Å²) < 4.78 is 38.8. The number of nitrogens with zero attached hydrogens (tertiary/aromatic N) is 3. The molecule has 0 N–H and O–H groups in total. The van der Waals surface area contributed by atoms with Crippen LogP contribution in [0.15, 0.2) is 36.5 Å². The molecule has 0 saturated carbocycles. The van der Waals surface area contributed by atoms with Gasteiger partial charge in [-0.1, -0.05) is 0 Å². The third-order valence-corrected chi connectivity index (χ3v) is 2.90. The van der Waals surface area contributed by atoms with Gasteiger partial charge in [-0.3, -0.25) is 14.4 Å². The van der Waals surface area contributed by atoms with Crippen LogP contribution in [0.2, 0.25) is 0 Å². The SMILES string of the molecule is CN(C(=O)c1ccc(C(F)(F)F)cc1)c1ccnn1C. The first-order chi connectivity index (χ1) is 9.30. The number of aromatic nitrogens is 2. The summed E-state index contributed by atoms with van der Waals surface area (Å²) >= 11 is 0. The van der Waals surface area contributed by atoms with Gasteiger partial charge in [-0.05, 0) is 24.3 Å². The minimum atomic E-state index is -4.41. The molecule has 0 unspecified atom stereocenters. The van der Waals surface area contributed by atoms with Crippen molar-refractivity contribution in [1.29, 1.82) is 0 Å². The summed E-state index contributed by atoms with van der Waals surface area (Å²) in [6, 6.07) is 5.76. The van der Waals surface area contributed by atoms with Crippen molar-refractivity contribution in [2.45, 2.75) is 6.18 Å². The van der Waals surface area contributed by atoms with Crippen LogP contribution in [-0.4, -0.2) is 22.7 Å². The molecule has 4 nitrogen and oxygen atoms in total. The summed E-state index contributed by atoms with van der Waals surface area (Å²) in [5.74, 6) is 0.150. The van der Waals surface area contributed by atoms with Crippen molar-refractivity contribution >= 4 is 11.7 Å². The standard InChI is InChI=1S/C13H12F3N3O/c1-18(11-7-8-17-19(11)2)12(20)9-3-5-10(6-4-9)13(14,15)16/h3-8H,1-2H3. The number of alkyl halides is 3. The zero-order valence-corrected chi connectivity index (χ0v) is 10.8. The summed E-state index contributed by atoms with van der Waals surface area (Å²) in [7, 11) is 3.21. The second kappa shape index (κ2) is 4.99. The molecule has 1 amide bonds. The number of carbonyl (C=O) groups excluding carboxylic acids is 1. The van der Waals surface area contributed by atoms with Crippen molar-refractivity contribution in [1.82, 2.24) is 9.78 Å². The molecular weight excluding hydrogens is 271 g/mol. The van der Waals surface area contributed by atoms with Crippen LogP contribution >= 0.6 is 0 Å². The Morgan fingerprint density at radius 3 is 2.25 bits per heavy atom. The lowest BCUT2D eigenvalue weighted by Gasteiger charge is -2.17. The predicted molar refractivity (Wildman–Crippen MR) is 67.4 cm³/mol. The molecule has 2 rings (SSSR count). The zero-order chi connectivity index (χ0) is 14.9. The Morgan fingerprint density at radius 2 is 1.80 bits per heavy atom. The molecule has 7 heteroatoms. The summed E-state index contributed by atoms with van der Waals surface area (Å²) in [5.41, 5.74) is -0.598. The van der Waals surface area contributed by atoms with Crippen molar-refractivity contribution in [3.8, 4) is 0 Å². The van der Waals surface area contributed by atoms with E-state index in [1.54, 1.807) is 13.1 Å². The van der Waals surface area contributed by atoms with Gasteiger partial charge in [-0.15, -0.1) is 0 Å². The van der Waals surface area contributed by atoms with Gasteiger partial charge >= 0.3 is 6.18 Å². The number of anilines is 1. The fourth-order valence-corrected chi connectivity index (χ4v) is 1.80. The maximum absolute atomic E-state index is 12.4. The van der Waals surface area contributed by atoms with Crippen molar-refractivity contribution in [2.24, 2.45) is 7.05 Å². The van der Waals surface area contributed by atoms with Crippen molar-refractivity contribution in [3.63, 3.8) is 0 Å². The van der Waals surface area contributed by atoms with E-state index in [4.69, 9.17) is 0 Å². The van der Waals surface area contributed by atoms with Crippen LogP contribution in [0.25, 0.3) is 0 Å². The Labute approximate surface area is 113 Å². The summed E-state index contributed by atoms with van der Waals surface area (Å²) in [5, 5.41) is 3.93. The molecule has 1 aromatic carbocycles. The summed E-state index contributed by atoms with van der Waals surface area (Å²) in [6.45, 7) is 0. The lowest BCUT2D eigenvalue weighted by atomic mass is 10.1. The van der Waals surface area contributed by atoms with E-state index in [1.807, 2.05) is 0 Å². The van der Waals surface area contributed by atoms with Crippen molar-refractivity contribution < 1.29 is 18.0 Å². The molecule has 1 heterocycles. The number of amides is 1. The molecule has 1 aromatic heterocycles. The third-order valence-electron chi connectivity index (χ3n) is 2.90. The third kappa shape index (κ3) is 2.66. The molecule has 0 aliphatic rings. The Hall–Kier alpha value is -2.31. The van der Waals surface area contributed by atoms with Crippen LogP contribution in [0.1, 0.15) is 15.9 Å². The van der Waals surface area contributed by atoms with Gasteiger partial charge < -0.3 is 0 Å². The number of benzene rings is 1. The molecule has 0 aliphatic carbocycles. The molecule has 0 radical (unpaired) electrons. The molecule has 106 valence electrons. The fourth-order valence-electron chi connectivity index (χ4n) is 1.80. The highest BCUT2D eigenvalue weighted by molar-refractivity contribution is 6.05. The average Bonchev–Trinajstić information content (AvgIpc) is 2.82. The van der Waals surface area contributed by atoms with Gasteiger partial charge in [0.05, 0.1) is 11.8 Å². The molecule has 0 spiro atoms. The molecule has 2 aromatic rings. The summed E-state index contributed by atoms with van der Waals surface area (Å²) in [4.78, 5) is 13.5. The van der Waals surface area contributed by atoms with Gasteiger partial charge in [0, 0.05) is 25.7 Å². The van der Waals surface area contributed by atoms with Gasteiger partial charge in [-0.25, -0.2) is 0 Å². The average molecular weight is 283 g/mol. The van der Waals surface area contributed by atoms with Crippen LogP contribution in [0.3, 0.4) is 0 Å². The Morgan fingerprint density at radius 1 is 1.20 bits per heavy atom. The van der Waals surface area contributed by atoms with Gasteiger partial charge in [0.1, 0.15) is 5.82 Å². The van der Waals surface area contributed by atoms with E-state index < -0.39 is 17.6 Å². The van der Waals surface area contributed by atoms with Crippen LogP contribution in [0.5, 0.6) is 0 Å². The molecule has 20 heavy (non-hydrogen) atoms. The fraction of sp³-hybridized carbons (Fsp3) is 0.231. The molecule has 0 saturated heterocycles. The van der Waals surface area contributed by atoms with Crippen molar-refractivity contribution in [2.75, 3.05) is 11.9 Å². The highest BCUT2D eigenvalue weighted by Crippen LogP contribution is 2.29. The van der Waals surface area contributed by atoms with E-state index in [0.29, 0.717) is 5.82 Å². The van der Waals surface area contributed by atoms with Gasteiger partial charge in [0.15, 0.2) is 0 Å². The van der Waals surface area contributed by atoms with Crippen LogP contribution < -0.4 is 4.90 Å². The second-order valence-corrected chi connectivity index (χ2v) is 4.25. The number of hydrogen-bond acceptors (Lipinski definition) is 2. The Balaban J connectivity index is 2.24. The number of rotatable bonds is 2. The van der Waals surface area contributed by atoms with Gasteiger partial charge in [0.25, 0.3) is 5.91 Å². The highest BCUT2D eigenvalue weighted by Gasteiger charge is 2.30. The lowest BCUT2D eigenvalue weighted by molar-refractivity contribution is -0.137. The van der Waals surface area contributed by atoms with E-state index in [1.165, 1.54) is 22.8 Å². The van der Waals surface area contributed by atoms with Crippen LogP contribution in [0.4, 0.5) is 19.0 Å². The largest absolute Gasteiger partial charge is 0.416 e. The number of aryl methyl sites for hydroxylation is 1. The predicted octanol–water partition coefficient (Wildman–Crippen LogP) is 2.72. The van der Waals surface area contributed by atoms with E-state index >= 15 is 0 Å². The maximum Gasteiger partial charge on any atom is 0.416 e. The Bertz CT molecular complexity index is 617. The quantitative estimate of drug-likeness (QED) is 0.850. The van der Waals surface area contributed by atoms with Crippen LogP contribution in [0, 0.1) is 0 Å². The van der Waals surface area contributed by atoms with Gasteiger partial charge in [-0.2, -0.15) is 18.3 Å². The molecule has 0 aliphatic heterocycles. The normalized spacial score (nSPS) is 11.4. The van der Waals surface area contributed by atoms with Crippen LogP contribution in [-0.2, 0) is 13.2 Å². The van der Waals surface area contributed by atoms with E-state index in [2.05, 4.69) is 5.10 Å². The van der Waals surface area contributed by atoms with E-state index in [9.17, 15) is 18.0 Å². The first-order valence-corrected chi connectivity index (χ1v) is 5.74.